The van der Waals surface area contributed by atoms with E-state index in [2.05, 4.69) is 10.0 Å². The van der Waals surface area contributed by atoms with E-state index in [1.165, 1.54) is 0 Å². The average molecular weight is 236 g/mol. The second-order valence-electron chi connectivity index (χ2n) is 2.21. The zero-order valence-corrected chi connectivity index (χ0v) is 8.61. The molecule has 1 aromatic carbocycles. The molecule has 0 amide bonds. The van der Waals surface area contributed by atoms with Gasteiger partial charge in [-0.05, 0) is 23.2 Å². The van der Waals surface area contributed by atoms with Gasteiger partial charge in [0.25, 0.3) is 0 Å². The van der Waals surface area contributed by atoms with Gasteiger partial charge in [0.05, 0.1) is 16.6 Å². The van der Waals surface area contributed by atoms with Crippen LogP contribution in [0.5, 0.6) is 0 Å². The summed E-state index contributed by atoms with van der Waals surface area (Å²) in [5.41, 5.74) is 8.67. The fraction of sp³-hybridized carbons (Fsp3) is 0.143. The number of azide groups is 1. The van der Waals surface area contributed by atoms with E-state index >= 15 is 0 Å². The van der Waals surface area contributed by atoms with Crippen molar-refractivity contribution in [2.45, 2.75) is 6.54 Å². The molecule has 1 rings (SSSR count). The number of nitrogens with zero attached hydrogens (tertiary/aromatic N) is 3. The smallest absolute Gasteiger partial charge is 0.0640 e. The zero-order chi connectivity index (χ0) is 9.84. The molecular weight excluding hydrogens is 232 g/mol. The van der Waals surface area contributed by atoms with Crippen molar-refractivity contribution in [2.24, 2.45) is 5.11 Å². The van der Waals surface area contributed by atoms with Crippen molar-refractivity contribution in [3.05, 3.63) is 43.2 Å². The highest BCUT2D eigenvalue weighted by Crippen LogP contribution is 2.31. The lowest BCUT2D eigenvalue weighted by Gasteiger charge is -2.04. The van der Waals surface area contributed by atoms with Crippen molar-refractivity contribution >= 4 is 34.8 Å². The van der Waals surface area contributed by atoms with Crippen LogP contribution in [0.3, 0.4) is 0 Å². The Morgan fingerprint density at radius 3 is 2.46 bits per heavy atom. The number of benzene rings is 1. The molecule has 0 aromatic heterocycles. The van der Waals surface area contributed by atoms with Crippen LogP contribution >= 0.6 is 34.8 Å². The molecule has 0 unspecified atom stereocenters. The summed E-state index contributed by atoms with van der Waals surface area (Å²) in [6.45, 7) is 0.106. The lowest BCUT2D eigenvalue weighted by molar-refractivity contribution is 1.05. The maximum atomic E-state index is 8.12. The number of hydrogen-bond acceptors (Lipinski definition) is 1. The lowest BCUT2D eigenvalue weighted by atomic mass is 10.2. The fourth-order valence-electron chi connectivity index (χ4n) is 0.816. The molecule has 3 nitrogen and oxygen atoms in total. The third-order valence-corrected chi connectivity index (χ3v) is 2.63. The molecule has 0 saturated heterocycles. The Labute approximate surface area is 89.8 Å². The standard InChI is InChI=1S/C7H4Cl3N3/c8-5-1-2-6(9)7(10)4(5)3-12-13-11/h1-2H,3H2. The van der Waals surface area contributed by atoms with Crippen molar-refractivity contribution in [3.8, 4) is 0 Å². The van der Waals surface area contributed by atoms with E-state index in [-0.39, 0.29) is 6.54 Å². The lowest BCUT2D eigenvalue weighted by Crippen LogP contribution is -1.85. The van der Waals surface area contributed by atoms with Gasteiger partial charge in [-0.25, -0.2) is 0 Å². The van der Waals surface area contributed by atoms with Crippen molar-refractivity contribution in [1.82, 2.24) is 0 Å². The van der Waals surface area contributed by atoms with Crippen LogP contribution in [0, 0.1) is 0 Å². The minimum absolute atomic E-state index is 0.106. The van der Waals surface area contributed by atoms with Gasteiger partial charge in [0.1, 0.15) is 0 Å². The summed E-state index contributed by atoms with van der Waals surface area (Å²) >= 11 is 17.4. The first-order chi connectivity index (χ1) is 6.16. The first-order valence-corrected chi connectivity index (χ1v) is 4.43. The SMILES string of the molecule is [N-]=[N+]=NCc1c(Cl)ccc(Cl)c1Cl. The summed E-state index contributed by atoms with van der Waals surface area (Å²) in [5.74, 6) is 0. The summed E-state index contributed by atoms with van der Waals surface area (Å²) in [6.07, 6.45) is 0. The summed E-state index contributed by atoms with van der Waals surface area (Å²) < 4.78 is 0. The minimum Gasteiger partial charge on any atom is -0.0892 e. The Morgan fingerprint density at radius 2 is 1.85 bits per heavy atom. The maximum Gasteiger partial charge on any atom is 0.0640 e. The van der Waals surface area contributed by atoms with E-state index in [9.17, 15) is 0 Å². The normalized spacial score (nSPS) is 9.46. The van der Waals surface area contributed by atoms with Gasteiger partial charge in [-0.3, -0.25) is 0 Å². The molecule has 13 heavy (non-hydrogen) atoms. The zero-order valence-electron chi connectivity index (χ0n) is 6.34. The quantitative estimate of drug-likeness (QED) is 0.315. The molecule has 6 heteroatoms. The molecule has 0 N–H and O–H groups in total. The van der Waals surface area contributed by atoms with Gasteiger partial charge in [-0.1, -0.05) is 39.9 Å². The molecule has 0 fully saturated rings. The molecule has 0 radical (unpaired) electrons. The molecule has 0 aliphatic carbocycles. The Kier molecular flexibility index (Phi) is 3.70. The van der Waals surface area contributed by atoms with Crippen LogP contribution in [0.1, 0.15) is 5.56 Å². The summed E-state index contributed by atoms with van der Waals surface area (Å²) in [5, 5.41) is 4.54. The largest absolute Gasteiger partial charge is 0.0892 e. The molecule has 0 aliphatic heterocycles. The summed E-state index contributed by atoms with van der Waals surface area (Å²) in [6, 6.07) is 3.20. The van der Waals surface area contributed by atoms with Gasteiger partial charge < -0.3 is 0 Å². The summed E-state index contributed by atoms with van der Waals surface area (Å²) in [7, 11) is 0. The van der Waals surface area contributed by atoms with Crippen LogP contribution in [0.15, 0.2) is 17.2 Å². The predicted octanol–water partition coefficient (Wildman–Crippen LogP) is 4.46. The Balaban J connectivity index is 3.16. The fourth-order valence-corrected chi connectivity index (χ4v) is 1.48. The van der Waals surface area contributed by atoms with Crippen molar-refractivity contribution in [3.63, 3.8) is 0 Å². The van der Waals surface area contributed by atoms with E-state index in [4.69, 9.17) is 40.3 Å². The van der Waals surface area contributed by atoms with E-state index in [1.807, 2.05) is 0 Å². The highest BCUT2D eigenvalue weighted by Gasteiger charge is 2.07. The van der Waals surface area contributed by atoms with Crippen LogP contribution < -0.4 is 0 Å². The van der Waals surface area contributed by atoms with Gasteiger partial charge in [0.15, 0.2) is 0 Å². The highest BCUT2D eigenvalue weighted by atomic mass is 35.5. The topological polar surface area (TPSA) is 48.8 Å². The number of rotatable bonds is 2. The van der Waals surface area contributed by atoms with E-state index in [0.29, 0.717) is 20.6 Å². The molecule has 0 heterocycles. The van der Waals surface area contributed by atoms with Crippen LogP contribution in [0.2, 0.25) is 15.1 Å². The molecule has 0 bridgehead atoms. The van der Waals surface area contributed by atoms with Crippen LogP contribution in [0.25, 0.3) is 10.4 Å². The number of halogens is 3. The Bertz CT molecular complexity index is 371. The van der Waals surface area contributed by atoms with Gasteiger partial charge in [0.2, 0.25) is 0 Å². The average Bonchev–Trinajstić information content (AvgIpc) is 2.12. The van der Waals surface area contributed by atoms with Crippen LogP contribution in [-0.4, -0.2) is 0 Å². The second kappa shape index (κ2) is 4.58. The highest BCUT2D eigenvalue weighted by molar-refractivity contribution is 6.44. The van der Waals surface area contributed by atoms with Gasteiger partial charge in [0, 0.05) is 9.93 Å². The van der Waals surface area contributed by atoms with Crippen LogP contribution in [0.4, 0.5) is 0 Å². The predicted molar refractivity (Wildman–Crippen MR) is 54.3 cm³/mol. The third-order valence-electron chi connectivity index (χ3n) is 1.43. The maximum absolute atomic E-state index is 8.12. The molecule has 0 aliphatic rings. The third kappa shape index (κ3) is 2.42. The number of hydrogen-bond donors (Lipinski definition) is 0. The summed E-state index contributed by atoms with van der Waals surface area (Å²) in [4.78, 5) is 2.61. The van der Waals surface area contributed by atoms with E-state index in [0.717, 1.165) is 0 Å². The molecule has 1 aromatic rings. The first kappa shape index (κ1) is 10.5. The van der Waals surface area contributed by atoms with E-state index in [1.54, 1.807) is 12.1 Å². The minimum atomic E-state index is 0.106. The Hall–Kier alpha value is -0.600. The van der Waals surface area contributed by atoms with Crippen molar-refractivity contribution < 1.29 is 0 Å². The molecule has 0 saturated carbocycles. The first-order valence-electron chi connectivity index (χ1n) is 3.30. The van der Waals surface area contributed by atoms with Gasteiger partial charge >= 0.3 is 0 Å². The van der Waals surface area contributed by atoms with Crippen molar-refractivity contribution in [1.29, 1.82) is 0 Å². The van der Waals surface area contributed by atoms with Gasteiger partial charge in [-0.2, -0.15) is 0 Å². The monoisotopic (exact) mass is 235 g/mol. The Morgan fingerprint density at radius 1 is 1.23 bits per heavy atom. The van der Waals surface area contributed by atoms with Crippen molar-refractivity contribution in [2.75, 3.05) is 0 Å². The van der Waals surface area contributed by atoms with Crippen LogP contribution in [-0.2, 0) is 6.54 Å². The second-order valence-corrected chi connectivity index (χ2v) is 3.40. The van der Waals surface area contributed by atoms with Gasteiger partial charge in [-0.15, -0.1) is 0 Å². The molecule has 0 spiro atoms. The molecular formula is C7H4Cl3N3. The van der Waals surface area contributed by atoms with E-state index < -0.39 is 0 Å². The molecule has 68 valence electrons. The molecule has 0 atom stereocenters.